The van der Waals surface area contributed by atoms with Crippen LogP contribution in [-0.4, -0.2) is 24.5 Å². The number of carbonyl (C=O) groups excluding carboxylic acids is 1. The number of hydrogen-bond acceptors (Lipinski definition) is 2. The molecule has 0 aromatic carbocycles. The fourth-order valence-electron chi connectivity index (χ4n) is 3.60. The van der Waals surface area contributed by atoms with Gasteiger partial charge in [-0.25, -0.2) is 0 Å². The minimum atomic E-state index is 0.136. The van der Waals surface area contributed by atoms with Crippen molar-refractivity contribution in [2.24, 2.45) is 11.8 Å². The normalized spacial score (nSPS) is 46.7. The van der Waals surface area contributed by atoms with Gasteiger partial charge in [-0.05, 0) is 31.1 Å². The molecule has 0 spiro atoms. The first-order chi connectivity index (χ1) is 6.86. The van der Waals surface area contributed by atoms with Gasteiger partial charge < -0.3 is 10.6 Å². The lowest BCUT2D eigenvalue weighted by Crippen LogP contribution is -2.49. The Morgan fingerprint density at radius 3 is 2.86 bits per heavy atom. The molecule has 1 saturated carbocycles. The number of carbonyl (C=O) groups is 1. The van der Waals surface area contributed by atoms with Crippen molar-refractivity contribution in [2.75, 3.05) is 6.54 Å². The predicted molar refractivity (Wildman–Crippen MR) is 53.8 cm³/mol. The van der Waals surface area contributed by atoms with E-state index in [-0.39, 0.29) is 11.9 Å². The molecular weight excluding hydrogens is 176 g/mol. The van der Waals surface area contributed by atoms with Crippen molar-refractivity contribution < 1.29 is 4.79 Å². The molecule has 4 atom stereocenters. The van der Waals surface area contributed by atoms with Gasteiger partial charge in [-0.2, -0.15) is 0 Å². The van der Waals surface area contributed by atoms with Crippen LogP contribution >= 0.6 is 0 Å². The lowest BCUT2D eigenvalue weighted by Gasteiger charge is -2.30. The van der Waals surface area contributed by atoms with Gasteiger partial charge in [0, 0.05) is 12.6 Å². The molecule has 2 N–H and O–H groups in total. The molecule has 2 saturated heterocycles. The fraction of sp³-hybridized carbons (Fsp3) is 0.909. The van der Waals surface area contributed by atoms with Crippen molar-refractivity contribution in [3.05, 3.63) is 0 Å². The molecule has 0 aromatic heterocycles. The summed E-state index contributed by atoms with van der Waals surface area (Å²) in [5, 5.41) is 6.49. The Bertz CT molecular complexity index is 254. The number of fused-ring (bicyclic) bond motifs is 3. The van der Waals surface area contributed by atoms with E-state index >= 15 is 0 Å². The molecule has 14 heavy (non-hydrogen) atoms. The van der Waals surface area contributed by atoms with Gasteiger partial charge in [-0.3, -0.25) is 4.79 Å². The topological polar surface area (TPSA) is 41.1 Å². The molecule has 3 aliphatic rings. The highest BCUT2D eigenvalue weighted by atomic mass is 16.2. The third-order valence-electron chi connectivity index (χ3n) is 4.25. The van der Waals surface area contributed by atoms with E-state index in [1.165, 1.54) is 32.1 Å². The highest BCUT2D eigenvalue weighted by molar-refractivity contribution is 5.83. The summed E-state index contributed by atoms with van der Waals surface area (Å²) in [7, 11) is 0. The van der Waals surface area contributed by atoms with Gasteiger partial charge in [0.2, 0.25) is 5.91 Å². The second-order valence-electron chi connectivity index (χ2n) is 4.94. The molecule has 1 aliphatic carbocycles. The first kappa shape index (κ1) is 8.72. The average Bonchev–Trinajstić information content (AvgIpc) is 2.59. The van der Waals surface area contributed by atoms with Gasteiger partial charge in [0.05, 0.1) is 6.04 Å². The van der Waals surface area contributed by atoms with Crippen molar-refractivity contribution in [3.8, 4) is 0 Å². The molecule has 3 heteroatoms. The van der Waals surface area contributed by atoms with Crippen LogP contribution in [0.2, 0.25) is 0 Å². The standard InChI is InChI=1S/C11H18N2O/c14-11-10-8(5-6-12-11)7-3-1-2-4-9(7)13-10/h7-10,13H,1-6H2,(H,12,14)/t7-,8+,9-,10+/m1/s1. The van der Waals surface area contributed by atoms with E-state index in [1.54, 1.807) is 0 Å². The molecule has 3 nitrogen and oxygen atoms in total. The molecule has 2 heterocycles. The minimum Gasteiger partial charge on any atom is -0.355 e. The van der Waals surface area contributed by atoms with E-state index in [2.05, 4.69) is 10.6 Å². The third-order valence-corrected chi connectivity index (χ3v) is 4.25. The van der Waals surface area contributed by atoms with Crippen LogP contribution in [-0.2, 0) is 4.79 Å². The SMILES string of the molecule is O=C1NCC[C@H]2[C@H]3CCCC[C@H]3N[C@H]12. The zero-order valence-electron chi connectivity index (χ0n) is 8.46. The highest BCUT2D eigenvalue weighted by Gasteiger charge is 2.47. The van der Waals surface area contributed by atoms with E-state index in [0.717, 1.165) is 12.5 Å². The minimum absolute atomic E-state index is 0.136. The van der Waals surface area contributed by atoms with Crippen molar-refractivity contribution >= 4 is 5.91 Å². The second kappa shape index (κ2) is 3.23. The summed E-state index contributed by atoms with van der Waals surface area (Å²) in [5.74, 6) is 1.67. The number of piperidine rings is 1. The number of rotatable bonds is 0. The summed E-state index contributed by atoms with van der Waals surface area (Å²) in [5.41, 5.74) is 0. The highest BCUT2D eigenvalue weighted by Crippen LogP contribution is 2.40. The Morgan fingerprint density at radius 1 is 1.07 bits per heavy atom. The van der Waals surface area contributed by atoms with Crippen LogP contribution in [0.15, 0.2) is 0 Å². The Balaban J connectivity index is 1.82. The van der Waals surface area contributed by atoms with Crippen LogP contribution in [0.4, 0.5) is 0 Å². The maximum absolute atomic E-state index is 11.6. The smallest absolute Gasteiger partial charge is 0.237 e. The first-order valence-corrected chi connectivity index (χ1v) is 5.90. The Labute approximate surface area is 84.6 Å². The molecule has 0 aromatic rings. The summed E-state index contributed by atoms with van der Waals surface area (Å²) in [6.45, 7) is 0.894. The summed E-state index contributed by atoms with van der Waals surface area (Å²) < 4.78 is 0. The lowest BCUT2D eigenvalue weighted by molar-refractivity contribution is -0.125. The number of hydrogen-bond donors (Lipinski definition) is 2. The predicted octanol–water partition coefficient (Wildman–Crippen LogP) is 0.653. The van der Waals surface area contributed by atoms with Gasteiger partial charge in [0.15, 0.2) is 0 Å². The number of amides is 1. The summed E-state index contributed by atoms with van der Waals surface area (Å²) >= 11 is 0. The molecule has 2 aliphatic heterocycles. The van der Waals surface area contributed by atoms with Gasteiger partial charge in [-0.15, -0.1) is 0 Å². The van der Waals surface area contributed by atoms with Crippen LogP contribution in [0, 0.1) is 11.8 Å². The molecule has 3 rings (SSSR count). The Kier molecular flexibility index (Phi) is 2.01. The molecule has 0 radical (unpaired) electrons. The molecule has 0 unspecified atom stereocenters. The van der Waals surface area contributed by atoms with Crippen LogP contribution in [0.25, 0.3) is 0 Å². The lowest BCUT2D eigenvalue weighted by atomic mass is 9.76. The molecule has 1 amide bonds. The van der Waals surface area contributed by atoms with E-state index < -0.39 is 0 Å². The first-order valence-electron chi connectivity index (χ1n) is 5.90. The monoisotopic (exact) mass is 194 g/mol. The maximum Gasteiger partial charge on any atom is 0.237 e. The summed E-state index contributed by atoms with van der Waals surface area (Å²) in [6.07, 6.45) is 6.52. The van der Waals surface area contributed by atoms with Crippen LogP contribution in [0.3, 0.4) is 0 Å². The van der Waals surface area contributed by atoms with Crippen LogP contribution in [0.1, 0.15) is 32.1 Å². The Morgan fingerprint density at radius 2 is 1.93 bits per heavy atom. The van der Waals surface area contributed by atoms with Crippen LogP contribution < -0.4 is 10.6 Å². The van der Waals surface area contributed by atoms with E-state index in [0.29, 0.717) is 12.0 Å². The zero-order valence-corrected chi connectivity index (χ0v) is 8.46. The largest absolute Gasteiger partial charge is 0.355 e. The van der Waals surface area contributed by atoms with Gasteiger partial charge in [-0.1, -0.05) is 12.8 Å². The van der Waals surface area contributed by atoms with E-state index in [4.69, 9.17) is 0 Å². The van der Waals surface area contributed by atoms with Gasteiger partial charge in [0.25, 0.3) is 0 Å². The number of nitrogens with one attached hydrogen (secondary N) is 2. The quantitative estimate of drug-likeness (QED) is 0.594. The second-order valence-corrected chi connectivity index (χ2v) is 4.94. The van der Waals surface area contributed by atoms with Gasteiger partial charge >= 0.3 is 0 Å². The molecule has 0 bridgehead atoms. The van der Waals surface area contributed by atoms with Crippen molar-refractivity contribution in [1.29, 1.82) is 0 Å². The summed E-state index contributed by atoms with van der Waals surface area (Å²) in [4.78, 5) is 11.6. The van der Waals surface area contributed by atoms with Crippen molar-refractivity contribution in [2.45, 2.75) is 44.2 Å². The maximum atomic E-state index is 11.6. The van der Waals surface area contributed by atoms with E-state index in [1.807, 2.05) is 0 Å². The zero-order chi connectivity index (χ0) is 9.54. The average molecular weight is 194 g/mol. The fourth-order valence-corrected chi connectivity index (χ4v) is 3.60. The van der Waals surface area contributed by atoms with Gasteiger partial charge in [0.1, 0.15) is 0 Å². The van der Waals surface area contributed by atoms with Crippen molar-refractivity contribution in [1.82, 2.24) is 10.6 Å². The third kappa shape index (κ3) is 1.18. The summed E-state index contributed by atoms with van der Waals surface area (Å²) in [6, 6.07) is 0.777. The molecule has 3 fully saturated rings. The van der Waals surface area contributed by atoms with Crippen molar-refractivity contribution in [3.63, 3.8) is 0 Å². The van der Waals surface area contributed by atoms with E-state index in [9.17, 15) is 4.79 Å². The van der Waals surface area contributed by atoms with Crippen LogP contribution in [0.5, 0.6) is 0 Å². The molecular formula is C11H18N2O. The Hall–Kier alpha value is -0.570. The molecule has 78 valence electrons.